The summed E-state index contributed by atoms with van der Waals surface area (Å²) in [5.41, 5.74) is 0.644. The average Bonchev–Trinajstić information content (AvgIpc) is 2.97. The normalized spacial score (nSPS) is 19.0. The van der Waals surface area contributed by atoms with Crippen LogP contribution in [0, 0.1) is 0 Å². The fraction of sp³-hybridized carbons (Fsp3) is 0.667. The number of carbonyl (C=O) groups is 2. The Morgan fingerprint density at radius 3 is 2.50 bits per heavy atom. The number of hydrogen-bond donors (Lipinski definition) is 2. The highest BCUT2D eigenvalue weighted by Gasteiger charge is 2.24. The van der Waals surface area contributed by atoms with Gasteiger partial charge in [0.1, 0.15) is 5.82 Å². The summed E-state index contributed by atoms with van der Waals surface area (Å²) in [6.45, 7) is 3.55. The summed E-state index contributed by atoms with van der Waals surface area (Å²) in [6.07, 6.45) is 10.2. The summed E-state index contributed by atoms with van der Waals surface area (Å²) in [7, 11) is 0. The van der Waals surface area contributed by atoms with Crippen LogP contribution in [0.25, 0.3) is 0 Å². The summed E-state index contributed by atoms with van der Waals surface area (Å²) >= 11 is 0. The number of rotatable bonds is 5. The van der Waals surface area contributed by atoms with Gasteiger partial charge in [-0.05, 0) is 44.7 Å². The molecule has 3 rings (SSSR count). The Kier molecular flexibility index (Phi) is 7.51. The van der Waals surface area contributed by atoms with Gasteiger partial charge in [0.05, 0.1) is 6.61 Å². The Balaban J connectivity index is 1.51. The average molecular weight is 389 g/mol. The zero-order valence-corrected chi connectivity index (χ0v) is 16.8. The maximum Gasteiger partial charge on any atom is 0.409 e. The molecule has 0 unspecified atom stereocenters. The van der Waals surface area contributed by atoms with Gasteiger partial charge in [-0.15, -0.1) is 0 Å². The molecule has 1 aromatic heterocycles. The summed E-state index contributed by atoms with van der Waals surface area (Å²) in [6, 6.07) is 4.11. The molecule has 2 heterocycles. The molecule has 1 saturated carbocycles. The minimum Gasteiger partial charge on any atom is -0.450 e. The minimum atomic E-state index is -0.240. The number of nitrogens with one attached hydrogen (secondary N) is 2. The van der Waals surface area contributed by atoms with Crippen LogP contribution in [0.5, 0.6) is 0 Å². The molecule has 154 valence electrons. The van der Waals surface area contributed by atoms with E-state index in [0.29, 0.717) is 31.1 Å². The summed E-state index contributed by atoms with van der Waals surface area (Å²) < 4.78 is 5.06. The van der Waals surface area contributed by atoms with Gasteiger partial charge in [0.2, 0.25) is 0 Å². The van der Waals surface area contributed by atoms with Gasteiger partial charge in [-0.3, -0.25) is 4.79 Å². The molecule has 7 heteroatoms. The lowest BCUT2D eigenvalue weighted by Gasteiger charge is -2.31. The van der Waals surface area contributed by atoms with E-state index >= 15 is 0 Å². The van der Waals surface area contributed by atoms with Crippen LogP contribution in [-0.4, -0.2) is 53.7 Å². The van der Waals surface area contributed by atoms with Crippen molar-refractivity contribution >= 4 is 17.8 Å². The van der Waals surface area contributed by atoms with Crippen molar-refractivity contribution < 1.29 is 14.3 Å². The number of ether oxygens (including phenoxy) is 1. The highest BCUT2D eigenvalue weighted by Crippen LogP contribution is 2.19. The van der Waals surface area contributed by atoms with Gasteiger partial charge in [-0.1, -0.05) is 25.7 Å². The molecule has 7 nitrogen and oxygen atoms in total. The molecule has 1 aliphatic carbocycles. The lowest BCUT2D eigenvalue weighted by atomic mass is 10.1. The second-order valence-electron chi connectivity index (χ2n) is 7.70. The van der Waals surface area contributed by atoms with Crippen molar-refractivity contribution in [1.82, 2.24) is 15.2 Å². The fourth-order valence-corrected chi connectivity index (χ4v) is 3.97. The number of likely N-dealkylation sites (tertiary alicyclic amines) is 1. The molecule has 1 aliphatic heterocycles. The van der Waals surface area contributed by atoms with E-state index in [1.165, 1.54) is 25.7 Å². The zero-order chi connectivity index (χ0) is 19.8. The lowest BCUT2D eigenvalue weighted by molar-refractivity contribution is 0.0931. The predicted octanol–water partition coefficient (Wildman–Crippen LogP) is 3.57. The number of piperidine rings is 1. The van der Waals surface area contributed by atoms with Crippen LogP contribution < -0.4 is 10.6 Å². The summed E-state index contributed by atoms with van der Waals surface area (Å²) in [4.78, 5) is 30.5. The molecule has 0 radical (unpaired) electrons. The van der Waals surface area contributed by atoms with Crippen LogP contribution in [0.3, 0.4) is 0 Å². The van der Waals surface area contributed by atoms with Crippen LogP contribution >= 0.6 is 0 Å². The molecule has 1 aromatic rings. The van der Waals surface area contributed by atoms with Crippen molar-refractivity contribution in [2.45, 2.75) is 70.4 Å². The first-order chi connectivity index (χ1) is 13.7. The van der Waals surface area contributed by atoms with Crippen LogP contribution in [0.1, 0.15) is 68.6 Å². The van der Waals surface area contributed by atoms with Gasteiger partial charge in [0, 0.05) is 36.9 Å². The second kappa shape index (κ2) is 10.3. The first-order valence-electron chi connectivity index (χ1n) is 10.6. The van der Waals surface area contributed by atoms with Crippen molar-refractivity contribution in [2.75, 3.05) is 25.0 Å². The summed E-state index contributed by atoms with van der Waals surface area (Å²) in [5.74, 6) is 0.692. The van der Waals surface area contributed by atoms with E-state index in [1.807, 2.05) is 13.0 Å². The highest BCUT2D eigenvalue weighted by atomic mass is 16.6. The Morgan fingerprint density at radius 2 is 1.82 bits per heavy atom. The van der Waals surface area contributed by atoms with Crippen LogP contribution in [0.4, 0.5) is 10.6 Å². The van der Waals surface area contributed by atoms with Gasteiger partial charge < -0.3 is 20.3 Å². The monoisotopic (exact) mass is 388 g/mol. The SMILES string of the molecule is CCOC(=O)N1CCC(Nc2cc(C(=O)NC3CCCCCC3)ccn2)CC1. The first-order valence-corrected chi connectivity index (χ1v) is 10.6. The summed E-state index contributed by atoms with van der Waals surface area (Å²) in [5, 5.41) is 6.60. The molecule has 0 atom stereocenters. The molecule has 2 amide bonds. The van der Waals surface area contributed by atoms with E-state index in [1.54, 1.807) is 17.2 Å². The first kappa shape index (κ1) is 20.4. The molecule has 0 aromatic carbocycles. The third kappa shape index (κ3) is 5.84. The van der Waals surface area contributed by atoms with Gasteiger partial charge >= 0.3 is 6.09 Å². The Hall–Kier alpha value is -2.31. The quantitative estimate of drug-likeness (QED) is 0.754. The van der Waals surface area contributed by atoms with Crippen LogP contribution in [0.2, 0.25) is 0 Å². The van der Waals surface area contributed by atoms with Crippen molar-refractivity contribution in [3.63, 3.8) is 0 Å². The maximum atomic E-state index is 12.6. The van der Waals surface area contributed by atoms with Gasteiger partial charge in [-0.25, -0.2) is 9.78 Å². The van der Waals surface area contributed by atoms with E-state index in [9.17, 15) is 9.59 Å². The van der Waals surface area contributed by atoms with Gasteiger partial charge in [-0.2, -0.15) is 0 Å². The molecular formula is C21H32N4O3. The third-order valence-electron chi connectivity index (χ3n) is 5.59. The van der Waals surface area contributed by atoms with E-state index in [4.69, 9.17) is 4.74 Å². The van der Waals surface area contributed by atoms with Crippen molar-refractivity contribution in [3.05, 3.63) is 23.9 Å². The van der Waals surface area contributed by atoms with E-state index in [-0.39, 0.29) is 24.1 Å². The number of anilines is 1. The standard InChI is InChI=1S/C21H32N4O3/c1-2-28-21(27)25-13-10-18(11-14-25)23-19-15-16(9-12-22-19)20(26)24-17-7-5-3-4-6-8-17/h9,12,15,17-18H,2-8,10-11,13-14H2,1H3,(H,22,23)(H,24,26). The molecular weight excluding hydrogens is 356 g/mol. The number of nitrogens with zero attached hydrogens (tertiary/aromatic N) is 2. The number of hydrogen-bond acceptors (Lipinski definition) is 5. The molecule has 0 spiro atoms. The Bertz CT molecular complexity index is 651. The van der Waals surface area contributed by atoms with E-state index < -0.39 is 0 Å². The predicted molar refractivity (Wildman–Crippen MR) is 108 cm³/mol. The second-order valence-corrected chi connectivity index (χ2v) is 7.70. The molecule has 2 fully saturated rings. The largest absolute Gasteiger partial charge is 0.450 e. The molecule has 2 aliphatic rings. The number of aromatic nitrogens is 1. The van der Waals surface area contributed by atoms with Crippen molar-refractivity contribution in [3.8, 4) is 0 Å². The Morgan fingerprint density at radius 1 is 1.11 bits per heavy atom. The number of pyridine rings is 1. The third-order valence-corrected chi connectivity index (χ3v) is 5.59. The van der Waals surface area contributed by atoms with Crippen LogP contribution in [0.15, 0.2) is 18.3 Å². The smallest absolute Gasteiger partial charge is 0.409 e. The molecule has 28 heavy (non-hydrogen) atoms. The zero-order valence-electron chi connectivity index (χ0n) is 16.8. The van der Waals surface area contributed by atoms with Crippen molar-refractivity contribution in [1.29, 1.82) is 0 Å². The van der Waals surface area contributed by atoms with E-state index in [0.717, 1.165) is 25.7 Å². The van der Waals surface area contributed by atoms with E-state index in [2.05, 4.69) is 15.6 Å². The highest BCUT2D eigenvalue weighted by molar-refractivity contribution is 5.95. The maximum absolute atomic E-state index is 12.6. The minimum absolute atomic E-state index is 0.0190. The fourth-order valence-electron chi connectivity index (χ4n) is 3.97. The van der Waals surface area contributed by atoms with Gasteiger partial charge in [0.15, 0.2) is 0 Å². The molecule has 2 N–H and O–H groups in total. The Labute approximate surface area is 167 Å². The topological polar surface area (TPSA) is 83.6 Å². The lowest BCUT2D eigenvalue weighted by Crippen LogP contribution is -2.42. The van der Waals surface area contributed by atoms with Crippen LogP contribution in [-0.2, 0) is 4.74 Å². The number of carbonyl (C=O) groups excluding carboxylic acids is 2. The molecule has 1 saturated heterocycles. The number of amides is 2. The van der Waals surface area contributed by atoms with Gasteiger partial charge in [0.25, 0.3) is 5.91 Å². The van der Waals surface area contributed by atoms with Crippen molar-refractivity contribution in [2.24, 2.45) is 0 Å². The molecule has 0 bridgehead atoms.